The van der Waals surface area contributed by atoms with Gasteiger partial charge in [0.1, 0.15) is 11.6 Å². The van der Waals surface area contributed by atoms with Gasteiger partial charge in [-0.05, 0) is 54.1 Å². The molecule has 0 atom stereocenters. The van der Waals surface area contributed by atoms with E-state index in [0.717, 1.165) is 5.56 Å². The van der Waals surface area contributed by atoms with Crippen molar-refractivity contribution >= 4 is 40.6 Å². The Balaban J connectivity index is 1.53. The molecular weight excluding hydrogens is 409 g/mol. The Bertz CT molecular complexity index is 1110. The van der Waals surface area contributed by atoms with Crippen LogP contribution in [0.2, 0.25) is 5.02 Å². The van der Waals surface area contributed by atoms with Crippen LogP contribution in [-0.2, 0) is 11.3 Å². The van der Waals surface area contributed by atoms with E-state index in [1.54, 1.807) is 59.5 Å². The summed E-state index contributed by atoms with van der Waals surface area (Å²) in [6.07, 6.45) is 0. The summed E-state index contributed by atoms with van der Waals surface area (Å²) < 4.78 is 18.7. The SMILES string of the molecule is O=C(Nc1cccc(Cl)c1)Nc1ccc2c(c1)N(Cc1ccc(F)cc1)C(=O)CO2. The third-order valence-corrected chi connectivity index (χ3v) is 4.73. The zero-order valence-corrected chi connectivity index (χ0v) is 16.4. The van der Waals surface area contributed by atoms with E-state index in [1.165, 1.54) is 12.1 Å². The van der Waals surface area contributed by atoms with Crippen LogP contribution in [0.25, 0.3) is 0 Å². The number of hydrogen-bond acceptors (Lipinski definition) is 3. The molecule has 0 fully saturated rings. The smallest absolute Gasteiger partial charge is 0.323 e. The van der Waals surface area contributed by atoms with E-state index >= 15 is 0 Å². The first kappa shape index (κ1) is 19.7. The molecule has 0 spiro atoms. The van der Waals surface area contributed by atoms with Crippen molar-refractivity contribution < 1.29 is 18.7 Å². The number of urea groups is 1. The third kappa shape index (κ3) is 4.52. The molecule has 3 aromatic carbocycles. The van der Waals surface area contributed by atoms with Crippen LogP contribution in [0.5, 0.6) is 5.75 Å². The van der Waals surface area contributed by atoms with Gasteiger partial charge in [0.15, 0.2) is 6.61 Å². The molecule has 0 saturated heterocycles. The van der Waals surface area contributed by atoms with Gasteiger partial charge in [-0.25, -0.2) is 9.18 Å². The second-order valence-corrected chi connectivity index (χ2v) is 7.10. The predicted molar refractivity (Wildman–Crippen MR) is 114 cm³/mol. The Morgan fingerprint density at radius 1 is 1.03 bits per heavy atom. The van der Waals surface area contributed by atoms with Crippen molar-refractivity contribution in [1.82, 2.24) is 0 Å². The van der Waals surface area contributed by atoms with Crippen molar-refractivity contribution in [2.45, 2.75) is 6.54 Å². The fourth-order valence-electron chi connectivity index (χ4n) is 3.09. The first-order valence-electron chi connectivity index (χ1n) is 9.13. The maximum absolute atomic E-state index is 13.2. The minimum atomic E-state index is -0.453. The second kappa shape index (κ2) is 8.42. The average molecular weight is 426 g/mol. The summed E-state index contributed by atoms with van der Waals surface area (Å²) in [5.74, 6) is -0.0467. The molecule has 0 radical (unpaired) electrons. The molecule has 8 heteroatoms. The van der Waals surface area contributed by atoms with Crippen LogP contribution in [-0.4, -0.2) is 18.5 Å². The van der Waals surface area contributed by atoms with Gasteiger partial charge in [0.2, 0.25) is 0 Å². The van der Waals surface area contributed by atoms with Crippen molar-refractivity contribution in [2.24, 2.45) is 0 Å². The van der Waals surface area contributed by atoms with E-state index in [0.29, 0.717) is 27.8 Å². The summed E-state index contributed by atoms with van der Waals surface area (Å²) in [6, 6.07) is 17.3. The zero-order chi connectivity index (χ0) is 21.1. The molecule has 6 nitrogen and oxygen atoms in total. The Kier molecular flexibility index (Phi) is 5.54. The zero-order valence-electron chi connectivity index (χ0n) is 15.7. The molecule has 0 saturated carbocycles. The lowest BCUT2D eigenvalue weighted by atomic mass is 10.1. The molecular formula is C22H17ClFN3O3. The normalized spacial score (nSPS) is 12.7. The molecule has 30 heavy (non-hydrogen) atoms. The third-order valence-electron chi connectivity index (χ3n) is 4.50. The lowest BCUT2D eigenvalue weighted by Gasteiger charge is -2.30. The molecule has 0 unspecified atom stereocenters. The summed E-state index contributed by atoms with van der Waals surface area (Å²) in [4.78, 5) is 26.3. The van der Waals surface area contributed by atoms with E-state index in [4.69, 9.17) is 16.3 Å². The number of fused-ring (bicyclic) bond motifs is 1. The summed E-state index contributed by atoms with van der Waals surface area (Å²) in [5, 5.41) is 5.93. The Labute approximate surface area is 177 Å². The van der Waals surface area contributed by atoms with Crippen LogP contribution in [0, 0.1) is 5.82 Å². The minimum Gasteiger partial charge on any atom is -0.482 e. The van der Waals surface area contributed by atoms with Gasteiger partial charge in [0, 0.05) is 16.4 Å². The summed E-state index contributed by atoms with van der Waals surface area (Å²) in [5.41, 5.74) is 2.33. The van der Waals surface area contributed by atoms with Gasteiger partial charge in [-0.15, -0.1) is 0 Å². The number of ether oxygens (including phenoxy) is 1. The number of nitrogens with zero attached hydrogens (tertiary/aromatic N) is 1. The average Bonchev–Trinajstić information content (AvgIpc) is 2.71. The van der Waals surface area contributed by atoms with Gasteiger partial charge in [0.05, 0.1) is 12.2 Å². The number of rotatable bonds is 4. The summed E-state index contributed by atoms with van der Waals surface area (Å²) in [7, 11) is 0. The second-order valence-electron chi connectivity index (χ2n) is 6.67. The minimum absolute atomic E-state index is 0.0871. The fourth-order valence-corrected chi connectivity index (χ4v) is 3.28. The highest BCUT2D eigenvalue weighted by molar-refractivity contribution is 6.30. The maximum atomic E-state index is 13.2. The molecule has 0 aliphatic carbocycles. The number of nitrogens with one attached hydrogen (secondary N) is 2. The monoisotopic (exact) mass is 425 g/mol. The van der Waals surface area contributed by atoms with Crippen LogP contribution in [0.4, 0.5) is 26.2 Å². The number of halogens is 2. The molecule has 4 rings (SSSR count). The number of benzene rings is 3. The largest absolute Gasteiger partial charge is 0.482 e. The van der Waals surface area contributed by atoms with Gasteiger partial charge >= 0.3 is 6.03 Å². The Hall–Kier alpha value is -3.58. The molecule has 0 bridgehead atoms. The molecule has 3 amide bonds. The molecule has 2 N–H and O–H groups in total. The Morgan fingerprint density at radius 2 is 1.77 bits per heavy atom. The van der Waals surface area contributed by atoms with Crippen molar-refractivity contribution in [2.75, 3.05) is 22.1 Å². The first-order valence-corrected chi connectivity index (χ1v) is 9.51. The lowest BCUT2D eigenvalue weighted by Crippen LogP contribution is -2.38. The molecule has 1 aliphatic rings. The number of carbonyl (C=O) groups excluding carboxylic acids is 2. The van der Waals surface area contributed by atoms with E-state index in [9.17, 15) is 14.0 Å². The highest BCUT2D eigenvalue weighted by Gasteiger charge is 2.26. The van der Waals surface area contributed by atoms with E-state index in [2.05, 4.69) is 10.6 Å². The van der Waals surface area contributed by atoms with Crippen LogP contribution >= 0.6 is 11.6 Å². The van der Waals surface area contributed by atoms with Crippen molar-refractivity contribution in [3.63, 3.8) is 0 Å². The molecule has 1 aliphatic heterocycles. The highest BCUT2D eigenvalue weighted by Crippen LogP contribution is 2.35. The number of anilines is 3. The number of hydrogen-bond donors (Lipinski definition) is 2. The van der Waals surface area contributed by atoms with E-state index < -0.39 is 6.03 Å². The van der Waals surface area contributed by atoms with Gasteiger partial charge in [-0.2, -0.15) is 0 Å². The highest BCUT2D eigenvalue weighted by atomic mass is 35.5. The topological polar surface area (TPSA) is 70.7 Å². The van der Waals surface area contributed by atoms with E-state index in [-0.39, 0.29) is 24.9 Å². The van der Waals surface area contributed by atoms with E-state index in [1.807, 2.05) is 0 Å². The predicted octanol–water partition coefficient (Wildman–Crippen LogP) is 5.05. The van der Waals surface area contributed by atoms with Crippen LogP contribution in [0.15, 0.2) is 66.7 Å². The van der Waals surface area contributed by atoms with Gasteiger partial charge in [0.25, 0.3) is 5.91 Å². The van der Waals surface area contributed by atoms with Crippen molar-refractivity contribution in [3.05, 3.63) is 83.1 Å². The van der Waals surface area contributed by atoms with Crippen molar-refractivity contribution in [1.29, 1.82) is 0 Å². The fraction of sp³-hybridized carbons (Fsp3) is 0.0909. The van der Waals surface area contributed by atoms with Crippen LogP contribution < -0.4 is 20.3 Å². The number of amides is 3. The van der Waals surface area contributed by atoms with Gasteiger partial charge in [-0.3, -0.25) is 4.79 Å². The number of carbonyl (C=O) groups is 2. The van der Waals surface area contributed by atoms with Crippen LogP contribution in [0.1, 0.15) is 5.56 Å². The molecule has 0 aromatic heterocycles. The summed E-state index contributed by atoms with van der Waals surface area (Å²) in [6.45, 7) is 0.170. The van der Waals surface area contributed by atoms with Crippen molar-refractivity contribution in [3.8, 4) is 5.75 Å². The summed E-state index contributed by atoms with van der Waals surface area (Å²) >= 11 is 5.93. The standard InChI is InChI=1S/C22H17ClFN3O3/c23-15-2-1-3-17(10-15)25-22(29)26-18-8-9-20-19(11-18)27(21(28)13-30-20)12-14-4-6-16(24)7-5-14/h1-11H,12-13H2,(H2,25,26,29). The Morgan fingerprint density at radius 3 is 2.50 bits per heavy atom. The molecule has 3 aromatic rings. The van der Waals surface area contributed by atoms with Crippen LogP contribution in [0.3, 0.4) is 0 Å². The molecule has 1 heterocycles. The molecule has 152 valence electrons. The quantitative estimate of drug-likeness (QED) is 0.614. The van der Waals surface area contributed by atoms with Gasteiger partial charge < -0.3 is 20.3 Å². The maximum Gasteiger partial charge on any atom is 0.323 e. The lowest BCUT2D eigenvalue weighted by molar-refractivity contribution is -0.121. The van der Waals surface area contributed by atoms with Gasteiger partial charge in [-0.1, -0.05) is 29.8 Å². The first-order chi connectivity index (χ1) is 14.5.